The lowest BCUT2D eigenvalue weighted by atomic mass is 9.73. The van der Waals surface area contributed by atoms with Crippen LogP contribution in [-0.4, -0.2) is 23.6 Å². The van der Waals surface area contributed by atoms with E-state index < -0.39 is 17.7 Å². The summed E-state index contributed by atoms with van der Waals surface area (Å²) < 4.78 is 11.1. The van der Waals surface area contributed by atoms with E-state index in [1.165, 1.54) is 0 Å². The topological polar surface area (TPSA) is 79.6 Å². The van der Waals surface area contributed by atoms with Crippen molar-refractivity contribution in [2.45, 2.75) is 25.0 Å². The van der Waals surface area contributed by atoms with Gasteiger partial charge >= 0.3 is 5.97 Å². The molecule has 0 fully saturated rings. The molecule has 0 bridgehead atoms. The van der Waals surface area contributed by atoms with Crippen molar-refractivity contribution in [2.24, 2.45) is 0 Å². The van der Waals surface area contributed by atoms with Gasteiger partial charge in [-0.3, -0.25) is 10.2 Å². The Morgan fingerprint density at radius 1 is 0.967 bits per heavy atom. The molecule has 4 rings (SSSR count). The summed E-state index contributed by atoms with van der Waals surface area (Å²) in [7, 11) is 0. The summed E-state index contributed by atoms with van der Waals surface area (Å²) >= 11 is 0. The molecule has 2 N–H and O–H groups in total. The van der Waals surface area contributed by atoms with Crippen LogP contribution < -0.4 is 0 Å². The highest BCUT2D eigenvalue weighted by atomic mass is 16.6. The molecule has 30 heavy (non-hydrogen) atoms. The van der Waals surface area contributed by atoms with Crippen molar-refractivity contribution in [1.29, 1.82) is 5.41 Å². The fraction of sp³-hybridized carbons (Fsp3) is 0.200. The minimum absolute atomic E-state index is 0.0717. The van der Waals surface area contributed by atoms with Crippen molar-refractivity contribution in [1.82, 2.24) is 0 Å². The number of ether oxygens (including phenoxy) is 2. The van der Waals surface area contributed by atoms with Crippen LogP contribution in [-0.2, 0) is 20.1 Å². The highest BCUT2D eigenvalue weighted by molar-refractivity contribution is 5.92. The second-order valence-electron chi connectivity index (χ2n) is 7.19. The van der Waals surface area contributed by atoms with Gasteiger partial charge in [0, 0.05) is 11.1 Å². The van der Waals surface area contributed by atoms with Gasteiger partial charge in [-0.15, -0.1) is 0 Å². The first-order chi connectivity index (χ1) is 14.5. The molecule has 0 amide bonds. The second-order valence-corrected chi connectivity index (χ2v) is 7.19. The number of carbonyl (C=O) groups is 1. The highest BCUT2D eigenvalue weighted by Crippen LogP contribution is 2.51. The molecule has 0 saturated carbocycles. The number of carbonyl (C=O) groups excluding carboxylic acids is 1. The van der Waals surface area contributed by atoms with Crippen LogP contribution in [0.1, 0.15) is 36.0 Å². The lowest BCUT2D eigenvalue weighted by Crippen LogP contribution is -2.42. The molecule has 2 atom stereocenters. The SMILES string of the molecule is CCOC(=O)CC1c2ccccc2-c2ccccc2C1(O)OC(=N)c1ccccc1. The van der Waals surface area contributed by atoms with E-state index in [2.05, 4.69) is 0 Å². The Kier molecular flexibility index (Phi) is 5.38. The van der Waals surface area contributed by atoms with Gasteiger partial charge in [0.1, 0.15) is 0 Å². The maximum atomic E-state index is 12.4. The summed E-state index contributed by atoms with van der Waals surface area (Å²) in [6.45, 7) is 2.00. The van der Waals surface area contributed by atoms with Gasteiger partial charge in [0.05, 0.1) is 18.9 Å². The Morgan fingerprint density at radius 2 is 1.60 bits per heavy atom. The van der Waals surface area contributed by atoms with Crippen molar-refractivity contribution in [3.8, 4) is 11.1 Å². The number of benzene rings is 3. The Labute approximate surface area is 175 Å². The molecule has 5 heteroatoms. The van der Waals surface area contributed by atoms with Gasteiger partial charge in [-0.1, -0.05) is 66.7 Å². The fourth-order valence-corrected chi connectivity index (χ4v) is 4.04. The molecular formula is C25H23NO4. The fourth-order valence-electron chi connectivity index (χ4n) is 4.04. The molecule has 1 aliphatic carbocycles. The minimum Gasteiger partial charge on any atom is -0.466 e. The van der Waals surface area contributed by atoms with E-state index in [9.17, 15) is 9.90 Å². The van der Waals surface area contributed by atoms with Crippen molar-refractivity contribution >= 4 is 11.9 Å². The summed E-state index contributed by atoms with van der Waals surface area (Å²) in [5, 5.41) is 20.4. The van der Waals surface area contributed by atoms with E-state index >= 15 is 0 Å². The Balaban J connectivity index is 1.84. The molecule has 0 heterocycles. The first kappa shape index (κ1) is 19.9. The number of hydrogen-bond donors (Lipinski definition) is 2. The number of rotatable bonds is 5. The van der Waals surface area contributed by atoms with Gasteiger partial charge in [0.2, 0.25) is 11.7 Å². The molecular weight excluding hydrogens is 378 g/mol. The predicted molar refractivity (Wildman–Crippen MR) is 114 cm³/mol. The average molecular weight is 401 g/mol. The van der Waals surface area contributed by atoms with Crippen LogP contribution >= 0.6 is 0 Å². The van der Waals surface area contributed by atoms with Crippen LogP contribution in [0.4, 0.5) is 0 Å². The lowest BCUT2D eigenvalue weighted by Gasteiger charge is -2.41. The van der Waals surface area contributed by atoms with Crippen LogP contribution in [0.3, 0.4) is 0 Å². The van der Waals surface area contributed by atoms with E-state index in [0.29, 0.717) is 11.1 Å². The smallest absolute Gasteiger partial charge is 0.306 e. The third-order valence-corrected chi connectivity index (χ3v) is 5.38. The van der Waals surface area contributed by atoms with Crippen molar-refractivity contribution < 1.29 is 19.4 Å². The van der Waals surface area contributed by atoms with Gasteiger partial charge in [-0.2, -0.15) is 0 Å². The van der Waals surface area contributed by atoms with E-state index in [-0.39, 0.29) is 18.9 Å². The number of hydrogen-bond acceptors (Lipinski definition) is 5. The summed E-state index contributed by atoms with van der Waals surface area (Å²) in [6.07, 6.45) is -0.0717. The number of fused-ring (bicyclic) bond motifs is 3. The van der Waals surface area contributed by atoms with E-state index in [1.807, 2.05) is 48.5 Å². The Bertz CT molecular complexity index is 1080. The van der Waals surface area contributed by atoms with Gasteiger partial charge in [-0.05, 0) is 35.7 Å². The lowest BCUT2D eigenvalue weighted by molar-refractivity contribution is -0.184. The zero-order valence-corrected chi connectivity index (χ0v) is 16.7. The van der Waals surface area contributed by atoms with E-state index in [4.69, 9.17) is 14.9 Å². The minimum atomic E-state index is -1.90. The summed E-state index contributed by atoms with van der Waals surface area (Å²) in [5.41, 5.74) is 3.60. The molecule has 2 unspecified atom stereocenters. The predicted octanol–water partition coefficient (Wildman–Crippen LogP) is 4.59. The van der Waals surface area contributed by atoms with Crippen LogP contribution in [0.2, 0.25) is 0 Å². The standard InChI is InChI=1S/C25H23NO4/c1-2-29-23(27)16-22-20-14-7-6-12-18(20)19-13-8-9-15-21(19)25(22,28)30-24(26)17-10-4-3-5-11-17/h3-15,22,26,28H,2,16H2,1H3. The number of nitrogens with one attached hydrogen (secondary N) is 1. The monoisotopic (exact) mass is 401 g/mol. The highest BCUT2D eigenvalue weighted by Gasteiger charge is 2.49. The van der Waals surface area contributed by atoms with Gasteiger partial charge < -0.3 is 14.6 Å². The van der Waals surface area contributed by atoms with Crippen LogP contribution in [0.5, 0.6) is 0 Å². The molecule has 3 aromatic rings. The molecule has 5 nitrogen and oxygen atoms in total. The summed E-state index contributed by atoms with van der Waals surface area (Å²) in [4.78, 5) is 12.4. The average Bonchev–Trinajstić information content (AvgIpc) is 2.77. The first-order valence-corrected chi connectivity index (χ1v) is 9.94. The molecule has 0 spiro atoms. The van der Waals surface area contributed by atoms with Crippen LogP contribution in [0.25, 0.3) is 11.1 Å². The second kappa shape index (κ2) is 8.13. The third-order valence-electron chi connectivity index (χ3n) is 5.38. The molecule has 152 valence electrons. The molecule has 3 aromatic carbocycles. The van der Waals surface area contributed by atoms with Crippen molar-refractivity contribution in [2.75, 3.05) is 6.61 Å². The first-order valence-electron chi connectivity index (χ1n) is 9.94. The Morgan fingerprint density at radius 3 is 2.33 bits per heavy atom. The van der Waals surface area contributed by atoms with Gasteiger partial charge in [-0.25, -0.2) is 0 Å². The van der Waals surface area contributed by atoms with Crippen LogP contribution in [0.15, 0.2) is 78.9 Å². The maximum Gasteiger partial charge on any atom is 0.306 e. The molecule has 0 aromatic heterocycles. The normalized spacial score (nSPS) is 19.3. The quantitative estimate of drug-likeness (QED) is 0.284. The van der Waals surface area contributed by atoms with Gasteiger partial charge in [0.25, 0.3) is 0 Å². The Hall–Kier alpha value is -3.44. The van der Waals surface area contributed by atoms with Gasteiger partial charge in [0.15, 0.2) is 0 Å². The molecule has 1 aliphatic rings. The molecule has 0 radical (unpaired) electrons. The maximum absolute atomic E-state index is 12.4. The van der Waals surface area contributed by atoms with Crippen LogP contribution in [0, 0.1) is 5.41 Å². The zero-order chi connectivity index (χ0) is 21.1. The largest absolute Gasteiger partial charge is 0.466 e. The molecule has 0 saturated heterocycles. The zero-order valence-electron chi connectivity index (χ0n) is 16.7. The summed E-state index contributed by atoms with van der Waals surface area (Å²) in [5.74, 6) is -3.22. The van der Waals surface area contributed by atoms with Crippen molar-refractivity contribution in [3.63, 3.8) is 0 Å². The van der Waals surface area contributed by atoms with E-state index in [0.717, 1.165) is 16.7 Å². The third kappa shape index (κ3) is 3.48. The number of aliphatic hydroxyl groups is 1. The molecule has 0 aliphatic heterocycles. The summed E-state index contributed by atoms with van der Waals surface area (Å²) in [6, 6.07) is 24.0. The van der Waals surface area contributed by atoms with E-state index in [1.54, 1.807) is 37.3 Å². The number of esters is 1. The van der Waals surface area contributed by atoms with Crippen molar-refractivity contribution in [3.05, 3.63) is 95.6 Å².